The van der Waals surface area contributed by atoms with E-state index in [-0.39, 0.29) is 0 Å². The Labute approximate surface area is 141 Å². The van der Waals surface area contributed by atoms with Gasteiger partial charge in [-0.2, -0.15) is 0 Å². The van der Waals surface area contributed by atoms with Crippen LogP contribution in [0.4, 0.5) is 0 Å². The zero-order chi connectivity index (χ0) is 17.5. The van der Waals surface area contributed by atoms with Gasteiger partial charge in [0.2, 0.25) is 5.75 Å². The summed E-state index contributed by atoms with van der Waals surface area (Å²) in [6.07, 6.45) is 1.69. The molecule has 0 bridgehead atoms. The smallest absolute Gasteiger partial charge is 0.339 e. The van der Waals surface area contributed by atoms with Crippen molar-refractivity contribution in [2.45, 2.75) is 6.92 Å². The summed E-state index contributed by atoms with van der Waals surface area (Å²) in [6.45, 7) is 1.68. The van der Waals surface area contributed by atoms with Gasteiger partial charge in [0.05, 0.1) is 21.3 Å². The fraction of sp³-hybridized carbons (Fsp3) is 0.211. The first-order valence-corrected chi connectivity index (χ1v) is 7.35. The first-order valence-electron chi connectivity index (χ1n) is 7.35. The number of para-hydroxylation sites is 1. The number of carbonyl (C=O) groups is 1. The van der Waals surface area contributed by atoms with E-state index in [9.17, 15) is 4.79 Å². The Morgan fingerprint density at radius 3 is 2.12 bits per heavy atom. The van der Waals surface area contributed by atoms with Gasteiger partial charge in [0.1, 0.15) is 5.75 Å². The van der Waals surface area contributed by atoms with E-state index >= 15 is 0 Å². The fourth-order valence-corrected chi connectivity index (χ4v) is 2.21. The van der Waals surface area contributed by atoms with Gasteiger partial charge in [-0.25, -0.2) is 4.79 Å². The molecule has 2 rings (SSSR count). The summed E-state index contributed by atoms with van der Waals surface area (Å²) in [4.78, 5) is 12.2. The third-order valence-electron chi connectivity index (χ3n) is 3.38. The van der Waals surface area contributed by atoms with Crippen LogP contribution in [0.1, 0.15) is 12.5 Å². The molecule has 2 aromatic carbocycles. The predicted octanol–water partition coefficient (Wildman–Crippen LogP) is 3.72. The van der Waals surface area contributed by atoms with Gasteiger partial charge < -0.3 is 18.9 Å². The molecule has 5 nitrogen and oxygen atoms in total. The van der Waals surface area contributed by atoms with Crippen LogP contribution in [-0.2, 0) is 4.79 Å². The van der Waals surface area contributed by atoms with E-state index < -0.39 is 5.97 Å². The maximum atomic E-state index is 12.2. The van der Waals surface area contributed by atoms with E-state index in [0.717, 1.165) is 0 Å². The Hall–Kier alpha value is -2.95. The third kappa shape index (κ3) is 3.87. The van der Waals surface area contributed by atoms with Gasteiger partial charge >= 0.3 is 5.97 Å². The van der Waals surface area contributed by atoms with E-state index in [4.69, 9.17) is 18.9 Å². The minimum atomic E-state index is -0.432. The first-order chi connectivity index (χ1) is 11.6. The molecule has 0 spiro atoms. The normalized spacial score (nSPS) is 10.9. The summed E-state index contributed by atoms with van der Waals surface area (Å²) in [5.41, 5.74) is 1.13. The monoisotopic (exact) mass is 328 g/mol. The van der Waals surface area contributed by atoms with Crippen LogP contribution in [0.5, 0.6) is 23.0 Å². The molecular weight excluding hydrogens is 308 g/mol. The summed E-state index contributed by atoms with van der Waals surface area (Å²) in [7, 11) is 4.62. The zero-order valence-corrected chi connectivity index (χ0v) is 14.2. The Balaban J connectivity index is 2.31. The molecule has 0 aliphatic carbocycles. The van der Waals surface area contributed by atoms with Crippen molar-refractivity contribution in [1.29, 1.82) is 0 Å². The van der Waals surface area contributed by atoms with E-state index in [1.807, 2.05) is 6.07 Å². The van der Waals surface area contributed by atoms with Gasteiger partial charge in [-0.3, -0.25) is 0 Å². The van der Waals surface area contributed by atoms with Crippen LogP contribution in [0.2, 0.25) is 0 Å². The fourth-order valence-electron chi connectivity index (χ4n) is 2.21. The topological polar surface area (TPSA) is 54.0 Å². The summed E-state index contributed by atoms with van der Waals surface area (Å²) in [6, 6.07) is 12.5. The second-order valence-electron chi connectivity index (χ2n) is 4.95. The molecular formula is C19H20O5. The lowest BCUT2D eigenvalue weighted by molar-refractivity contribution is -0.130. The molecule has 0 aromatic heterocycles. The van der Waals surface area contributed by atoms with Gasteiger partial charge in [-0.05, 0) is 37.3 Å². The number of esters is 1. The van der Waals surface area contributed by atoms with Crippen molar-refractivity contribution in [2.75, 3.05) is 21.3 Å². The van der Waals surface area contributed by atoms with Crippen molar-refractivity contribution < 1.29 is 23.7 Å². The van der Waals surface area contributed by atoms with Crippen molar-refractivity contribution >= 4 is 12.0 Å². The molecule has 0 aliphatic rings. The highest BCUT2D eigenvalue weighted by Crippen LogP contribution is 2.40. The standard InChI is InChI=1S/C19H20O5/c1-13(19(20)24-15-8-6-5-7-9-15)12-14-10-11-16(21-2)18(23-4)17(14)22-3/h5-12H,1-4H3. The Morgan fingerprint density at radius 2 is 1.54 bits per heavy atom. The Kier molecular flexibility index (Phi) is 5.84. The van der Waals surface area contributed by atoms with Crippen LogP contribution < -0.4 is 18.9 Å². The van der Waals surface area contributed by atoms with E-state index in [2.05, 4.69) is 0 Å². The molecule has 0 N–H and O–H groups in total. The second-order valence-corrected chi connectivity index (χ2v) is 4.95. The first kappa shape index (κ1) is 17.4. The number of ether oxygens (including phenoxy) is 4. The minimum absolute atomic E-state index is 0.432. The maximum Gasteiger partial charge on any atom is 0.339 e. The predicted molar refractivity (Wildman–Crippen MR) is 91.8 cm³/mol. The molecule has 126 valence electrons. The number of hydrogen-bond acceptors (Lipinski definition) is 5. The zero-order valence-electron chi connectivity index (χ0n) is 14.2. The summed E-state index contributed by atoms with van der Waals surface area (Å²) in [5.74, 6) is 1.57. The highest BCUT2D eigenvalue weighted by molar-refractivity contribution is 5.95. The lowest BCUT2D eigenvalue weighted by atomic mass is 10.1. The van der Waals surface area contributed by atoms with Crippen molar-refractivity contribution in [2.24, 2.45) is 0 Å². The molecule has 0 saturated carbocycles. The number of benzene rings is 2. The van der Waals surface area contributed by atoms with Crippen LogP contribution >= 0.6 is 0 Å². The average Bonchev–Trinajstić information content (AvgIpc) is 2.61. The molecule has 24 heavy (non-hydrogen) atoms. The summed E-state index contributed by atoms with van der Waals surface area (Å²) >= 11 is 0. The lowest BCUT2D eigenvalue weighted by Crippen LogP contribution is -2.09. The summed E-state index contributed by atoms with van der Waals surface area (Å²) in [5, 5.41) is 0. The van der Waals surface area contributed by atoms with Crippen LogP contribution in [-0.4, -0.2) is 27.3 Å². The number of rotatable bonds is 6. The van der Waals surface area contributed by atoms with Crippen molar-refractivity contribution in [3.05, 3.63) is 53.6 Å². The van der Waals surface area contributed by atoms with Gasteiger partial charge in [0.25, 0.3) is 0 Å². The highest BCUT2D eigenvalue weighted by atomic mass is 16.5. The molecule has 0 atom stereocenters. The molecule has 0 heterocycles. The molecule has 0 saturated heterocycles. The second kappa shape index (κ2) is 8.06. The third-order valence-corrected chi connectivity index (χ3v) is 3.38. The summed E-state index contributed by atoms with van der Waals surface area (Å²) < 4.78 is 21.3. The van der Waals surface area contributed by atoms with Crippen molar-refractivity contribution in [3.63, 3.8) is 0 Å². The van der Waals surface area contributed by atoms with Crippen LogP contribution in [0.3, 0.4) is 0 Å². The molecule has 0 unspecified atom stereocenters. The van der Waals surface area contributed by atoms with Gasteiger partial charge in [0, 0.05) is 11.1 Å². The van der Waals surface area contributed by atoms with E-state index in [0.29, 0.717) is 34.1 Å². The average molecular weight is 328 g/mol. The van der Waals surface area contributed by atoms with Crippen molar-refractivity contribution in [1.82, 2.24) is 0 Å². The number of methoxy groups -OCH3 is 3. The maximum absolute atomic E-state index is 12.2. The van der Waals surface area contributed by atoms with Gasteiger partial charge in [-0.1, -0.05) is 18.2 Å². The van der Waals surface area contributed by atoms with E-state index in [1.54, 1.807) is 56.5 Å². The Bertz CT molecular complexity index is 735. The molecule has 2 aromatic rings. The number of hydrogen-bond donors (Lipinski definition) is 0. The van der Waals surface area contributed by atoms with Gasteiger partial charge in [0.15, 0.2) is 11.5 Å². The molecule has 5 heteroatoms. The van der Waals surface area contributed by atoms with Gasteiger partial charge in [-0.15, -0.1) is 0 Å². The number of carbonyl (C=O) groups excluding carboxylic acids is 1. The van der Waals surface area contributed by atoms with Crippen LogP contribution in [0.15, 0.2) is 48.0 Å². The molecule has 0 amide bonds. The minimum Gasteiger partial charge on any atom is -0.493 e. The Morgan fingerprint density at radius 1 is 0.875 bits per heavy atom. The highest BCUT2D eigenvalue weighted by Gasteiger charge is 2.16. The van der Waals surface area contributed by atoms with Crippen molar-refractivity contribution in [3.8, 4) is 23.0 Å². The molecule has 0 radical (unpaired) electrons. The molecule has 0 fully saturated rings. The van der Waals surface area contributed by atoms with Crippen LogP contribution in [0.25, 0.3) is 6.08 Å². The molecule has 0 aliphatic heterocycles. The largest absolute Gasteiger partial charge is 0.493 e. The van der Waals surface area contributed by atoms with E-state index in [1.165, 1.54) is 14.2 Å². The lowest BCUT2D eigenvalue weighted by Gasteiger charge is -2.14. The SMILES string of the molecule is COc1ccc(C=C(C)C(=O)Oc2ccccc2)c(OC)c1OC. The quantitative estimate of drug-likeness (QED) is 0.459. The van der Waals surface area contributed by atoms with Crippen LogP contribution in [0, 0.1) is 0 Å².